The molecule has 1 aromatic carbocycles. The van der Waals surface area contributed by atoms with Crippen LogP contribution in [0.5, 0.6) is 0 Å². The molecule has 0 saturated heterocycles. The number of benzene rings is 1. The van der Waals surface area contributed by atoms with E-state index in [4.69, 9.17) is 5.11 Å². The highest BCUT2D eigenvalue weighted by Crippen LogP contribution is 2.24. The van der Waals surface area contributed by atoms with Gasteiger partial charge in [-0.3, -0.25) is 0 Å². The van der Waals surface area contributed by atoms with Crippen LogP contribution < -0.4 is 0 Å². The van der Waals surface area contributed by atoms with Crippen LogP contribution in [0.15, 0.2) is 18.2 Å². The maximum absolute atomic E-state index is 12.9. The SMILES string of the molecule is O=C(O)c1cc(F)ccc1C(O)C(O)CCBr. The van der Waals surface area contributed by atoms with Crippen molar-refractivity contribution < 1.29 is 24.5 Å². The smallest absolute Gasteiger partial charge is 0.336 e. The van der Waals surface area contributed by atoms with Gasteiger partial charge >= 0.3 is 5.97 Å². The van der Waals surface area contributed by atoms with Crippen molar-refractivity contribution in [1.82, 2.24) is 0 Å². The van der Waals surface area contributed by atoms with Crippen LogP contribution in [0.4, 0.5) is 4.39 Å². The quantitative estimate of drug-likeness (QED) is 0.724. The van der Waals surface area contributed by atoms with E-state index in [1.165, 1.54) is 6.07 Å². The van der Waals surface area contributed by atoms with Crippen LogP contribution in [-0.4, -0.2) is 32.7 Å². The second-order valence-corrected chi connectivity index (χ2v) is 4.32. The molecule has 1 rings (SSSR count). The van der Waals surface area contributed by atoms with Gasteiger partial charge in [-0.25, -0.2) is 9.18 Å². The lowest BCUT2D eigenvalue weighted by molar-refractivity contribution is 0.0163. The van der Waals surface area contributed by atoms with Gasteiger partial charge in [0.25, 0.3) is 0 Å². The molecule has 0 aromatic heterocycles. The summed E-state index contributed by atoms with van der Waals surface area (Å²) < 4.78 is 12.9. The lowest BCUT2D eigenvalue weighted by Crippen LogP contribution is -2.21. The van der Waals surface area contributed by atoms with E-state index in [0.29, 0.717) is 5.33 Å². The first-order valence-corrected chi connectivity index (χ1v) is 6.04. The van der Waals surface area contributed by atoms with Crippen LogP contribution in [0.2, 0.25) is 0 Å². The van der Waals surface area contributed by atoms with E-state index in [-0.39, 0.29) is 17.5 Å². The molecule has 1 aromatic rings. The highest BCUT2D eigenvalue weighted by atomic mass is 79.9. The lowest BCUT2D eigenvalue weighted by atomic mass is 9.97. The minimum absolute atomic E-state index is 0.00681. The summed E-state index contributed by atoms with van der Waals surface area (Å²) in [6.07, 6.45) is -2.19. The number of carboxylic acid groups (broad SMARTS) is 1. The molecule has 0 aliphatic rings. The zero-order valence-corrected chi connectivity index (χ0v) is 10.4. The van der Waals surface area contributed by atoms with E-state index in [9.17, 15) is 19.4 Å². The number of carboxylic acids is 1. The van der Waals surface area contributed by atoms with Crippen molar-refractivity contribution in [3.05, 3.63) is 35.1 Å². The van der Waals surface area contributed by atoms with E-state index < -0.39 is 24.0 Å². The second-order valence-electron chi connectivity index (χ2n) is 3.53. The average Bonchev–Trinajstić information content (AvgIpc) is 2.28. The van der Waals surface area contributed by atoms with Gasteiger partial charge in [-0.1, -0.05) is 22.0 Å². The fraction of sp³-hybridized carbons (Fsp3) is 0.364. The molecule has 0 heterocycles. The maximum Gasteiger partial charge on any atom is 0.336 e. The highest BCUT2D eigenvalue weighted by molar-refractivity contribution is 9.09. The van der Waals surface area contributed by atoms with Gasteiger partial charge < -0.3 is 15.3 Å². The number of aromatic carboxylic acids is 1. The van der Waals surface area contributed by atoms with E-state index >= 15 is 0 Å². The Kier molecular flexibility index (Phi) is 5.04. The first kappa shape index (κ1) is 14.1. The summed E-state index contributed by atoms with van der Waals surface area (Å²) >= 11 is 3.10. The molecular formula is C11H12BrFO4. The van der Waals surface area contributed by atoms with Crippen LogP contribution in [0, 0.1) is 5.82 Å². The van der Waals surface area contributed by atoms with Crippen LogP contribution in [-0.2, 0) is 0 Å². The molecule has 94 valence electrons. The van der Waals surface area contributed by atoms with Gasteiger partial charge in [0.1, 0.15) is 11.9 Å². The predicted octanol–water partition coefficient (Wildman–Crippen LogP) is 1.70. The minimum Gasteiger partial charge on any atom is -0.478 e. The molecule has 2 unspecified atom stereocenters. The third-order valence-corrected chi connectivity index (χ3v) is 2.79. The zero-order chi connectivity index (χ0) is 13.0. The molecule has 0 aliphatic carbocycles. The Morgan fingerprint density at radius 2 is 2.06 bits per heavy atom. The molecule has 0 aliphatic heterocycles. The van der Waals surface area contributed by atoms with Crippen LogP contribution in [0.1, 0.15) is 28.4 Å². The van der Waals surface area contributed by atoms with Crippen molar-refractivity contribution in [3.63, 3.8) is 0 Å². The van der Waals surface area contributed by atoms with E-state index in [0.717, 1.165) is 12.1 Å². The monoisotopic (exact) mass is 306 g/mol. The van der Waals surface area contributed by atoms with Gasteiger partial charge in [-0.05, 0) is 24.1 Å². The molecule has 2 atom stereocenters. The van der Waals surface area contributed by atoms with Crippen molar-refractivity contribution in [2.24, 2.45) is 0 Å². The topological polar surface area (TPSA) is 77.8 Å². The minimum atomic E-state index is -1.35. The first-order chi connectivity index (χ1) is 7.97. The van der Waals surface area contributed by atoms with E-state index in [2.05, 4.69) is 15.9 Å². The van der Waals surface area contributed by atoms with Gasteiger partial charge in [0, 0.05) is 5.33 Å². The Morgan fingerprint density at radius 1 is 1.41 bits per heavy atom. The average molecular weight is 307 g/mol. The Labute approximate surface area is 106 Å². The Balaban J connectivity index is 3.08. The number of hydrogen-bond acceptors (Lipinski definition) is 3. The van der Waals surface area contributed by atoms with Crippen LogP contribution in [0.25, 0.3) is 0 Å². The molecule has 0 spiro atoms. The number of carbonyl (C=O) groups is 1. The number of aliphatic hydroxyl groups excluding tert-OH is 2. The standard InChI is InChI=1S/C11H12BrFO4/c12-4-3-9(14)10(15)7-2-1-6(13)5-8(7)11(16)17/h1-2,5,9-10,14-15H,3-4H2,(H,16,17). The predicted molar refractivity (Wildman–Crippen MR) is 62.7 cm³/mol. The van der Waals surface area contributed by atoms with E-state index in [1.807, 2.05) is 0 Å². The number of aliphatic hydroxyl groups is 2. The molecule has 4 nitrogen and oxygen atoms in total. The number of hydrogen-bond donors (Lipinski definition) is 3. The number of halogens is 2. The third kappa shape index (κ3) is 3.49. The van der Waals surface area contributed by atoms with Gasteiger partial charge in [0.2, 0.25) is 0 Å². The lowest BCUT2D eigenvalue weighted by Gasteiger charge is -2.18. The van der Waals surface area contributed by atoms with Gasteiger partial charge in [-0.15, -0.1) is 0 Å². The largest absolute Gasteiger partial charge is 0.478 e. The summed E-state index contributed by atoms with van der Waals surface area (Å²) in [5.41, 5.74) is -0.335. The molecule has 0 bridgehead atoms. The van der Waals surface area contributed by atoms with Gasteiger partial charge in [0.15, 0.2) is 0 Å². The molecule has 6 heteroatoms. The third-order valence-electron chi connectivity index (χ3n) is 2.33. The summed E-state index contributed by atoms with van der Waals surface area (Å²) in [4.78, 5) is 10.9. The van der Waals surface area contributed by atoms with Crippen LogP contribution >= 0.6 is 15.9 Å². The Bertz CT molecular complexity index is 410. The van der Waals surface area contributed by atoms with Gasteiger partial charge in [-0.2, -0.15) is 0 Å². The summed E-state index contributed by atoms with van der Waals surface area (Å²) in [6.45, 7) is 0. The molecule has 0 amide bonds. The second kappa shape index (κ2) is 6.09. The summed E-state index contributed by atoms with van der Waals surface area (Å²) in [6, 6.07) is 3.04. The zero-order valence-electron chi connectivity index (χ0n) is 8.81. The Hall–Kier alpha value is -0.980. The molecule has 0 radical (unpaired) electrons. The number of rotatable bonds is 5. The first-order valence-electron chi connectivity index (χ1n) is 4.92. The highest BCUT2D eigenvalue weighted by Gasteiger charge is 2.23. The number of alkyl halides is 1. The van der Waals surface area contributed by atoms with Crippen molar-refractivity contribution in [3.8, 4) is 0 Å². The fourth-order valence-electron chi connectivity index (χ4n) is 1.45. The fourth-order valence-corrected chi connectivity index (χ4v) is 1.92. The summed E-state index contributed by atoms with van der Waals surface area (Å²) in [5.74, 6) is -2.04. The normalized spacial score (nSPS) is 14.4. The molecular weight excluding hydrogens is 295 g/mol. The van der Waals surface area contributed by atoms with Crippen molar-refractivity contribution in [2.45, 2.75) is 18.6 Å². The van der Waals surface area contributed by atoms with Gasteiger partial charge in [0.05, 0.1) is 11.7 Å². The molecule has 3 N–H and O–H groups in total. The summed E-state index contributed by atoms with van der Waals surface area (Å²) in [5, 5.41) is 28.7. The Morgan fingerprint density at radius 3 is 2.59 bits per heavy atom. The van der Waals surface area contributed by atoms with Crippen molar-refractivity contribution in [1.29, 1.82) is 0 Å². The molecule has 17 heavy (non-hydrogen) atoms. The summed E-state index contributed by atoms with van der Waals surface area (Å²) in [7, 11) is 0. The van der Waals surface area contributed by atoms with Crippen molar-refractivity contribution >= 4 is 21.9 Å². The van der Waals surface area contributed by atoms with E-state index in [1.54, 1.807) is 0 Å². The molecule has 0 fully saturated rings. The van der Waals surface area contributed by atoms with Crippen LogP contribution in [0.3, 0.4) is 0 Å². The van der Waals surface area contributed by atoms with Crippen molar-refractivity contribution in [2.75, 3.05) is 5.33 Å². The maximum atomic E-state index is 12.9. The molecule has 0 saturated carbocycles.